The fraction of sp³-hybridized carbons (Fsp3) is 0.231. The summed E-state index contributed by atoms with van der Waals surface area (Å²) in [5, 5.41) is 11.4. The first-order valence-electron chi connectivity index (χ1n) is 5.58. The quantitative estimate of drug-likeness (QED) is 0.817. The highest BCUT2D eigenvalue weighted by Crippen LogP contribution is 2.20. The van der Waals surface area contributed by atoms with Crippen LogP contribution in [0.1, 0.15) is 5.56 Å². The van der Waals surface area contributed by atoms with Crippen molar-refractivity contribution in [2.24, 2.45) is 0 Å². The van der Waals surface area contributed by atoms with Crippen molar-refractivity contribution in [1.29, 1.82) is 0 Å². The summed E-state index contributed by atoms with van der Waals surface area (Å²) in [6, 6.07) is 5.02. The van der Waals surface area contributed by atoms with Gasteiger partial charge in [0.15, 0.2) is 0 Å². The zero-order valence-electron chi connectivity index (χ0n) is 10.5. The van der Waals surface area contributed by atoms with E-state index in [2.05, 4.69) is 27.8 Å². The van der Waals surface area contributed by atoms with Crippen LogP contribution in [-0.4, -0.2) is 35.1 Å². The Bertz CT molecular complexity index is 503. The number of carbonyl (C=O) groups is 2. The molecular weight excluding hydrogens is 312 g/mol. The molecule has 1 aromatic carbocycles. The van der Waals surface area contributed by atoms with E-state index in [1.54, 1.807) is 6.07 Å². The molecule has 2 amide bonds. The van der Waals surface area contributed by atoms with Crippen molar-refractivity contribution in [1.82, 2.24) is 4.90 Å². The lowest BCUT2D eigenvalue weighted by Crippen LogP contribution is -2.38. The summed E-state index contributed by atoms with van der Waals surface area (Å²) in [5.41, 5.74) is 1.53. The Labute approximate surface area is 120 Å². The maximum Gasteiger partial charge on any atom is 0.323 e. The fourth-order valence-electron chi connectivity index (χ4n) is 1.46. The van der Waals surface area contributed by atoms with Crippen LogP contribution >= 0.6 is 15.9 Å². The zero-order valence-corrected chi connectivity index (χ0v) is 12.1. The molecule has 1 aromatic rings. The molecule has 0 fully saturated rings. The van der Waals surface area contributed by atoms with Crippen LogP contribution in [0.25, 0.3) is 0 Å². The lowest BCUT2D eigenvalue weighted by atomic mass is 10.2. The van der Waals surface area contributed by atoms with E-state index in [1.165, 1.54) is 6.08 Å². The first-order chi connectivity index (χ1) is 8.93. The van der Waals surface area contributed by atoms with Gasteiger partial charge in [0.1, 0.15) is 6.54 Å². The maximum atomic E-state index is 12.0. The molecule has 0 saturated carbocycles. The minimum atomic E-state index is -1.07. The van der Waals surface area contributed by atoms with Gasteiger partial charge < -0.3 is 15.3 Å². The van der Waals surface area contributed by atoms with E-state index in [0.29, 0.717) is 5.69 Å². The van der Waals surface area contributed by atoms with E-state index >= 15 is 0 Å². The third kappa shape index (κ3) is 4.75. The molecule has 102 valence electrons. The molecule has 0 atom stereocenters. The minimum Gasteiger partial charge on any atom is -0.480 e. The second kappa shape index (κ2) is 6.94. The largest absolute Gasteiger partial charge is 0.480 e. The first-order valence-corrected chi connectivity index (χ1v) is 6.38. The van der Waals surface area contributed by atoms with Crippen LogP contribution in [0.3, 0.4) is 0 Å². The average molecular weight is 327 g/mol. The summed E-state index contributed by atoms with van der Waals surface area (Å²) < 4.78 is 0.835. The summed E-state index contributed by atoms with van der Waals surface area (Å²) in [6.45, 7) is 5.17. The molecule has 0 heterocycles. The highest BCUT2D eigenvalue weighted by atomic mass is 79.9. The van der Waals surface area contributed by atoms with E-state index in [-0.39, 0.29) is 13.1 Å². The monoisotopic (exact) mass is 326 g/mol. The Kier molecular flexibility index (Phi) is 5.57. The molecule has 0 aliphatic heterocycles. The SMILES string of the molecule is C=CCN(CC(=O)O)C(=O)Nc1cc(Br)ccc1C. The van der Waals surface area contributed by atoms with Gasteiger partial charge in [-0.25, -0.2) is 4.79 Å². The smallest absolute Gasteiger partial charge is 0.323 e. The van der Waals surface area contributed by atoms with E-state index in [0.717, 1.165) is 14.9 Å². The van der Waals surface area contributed by atoms with Crippen LogP contribution in [-0.2, 0) is 4.79 Å². The molecule has 0 aromatic heterocycles. The van der Waals surface area contributed by atoms with Crippen LogP contribution in [0, 0.1) is 6.92 Å². The molecule has 1 rings (SSSR count). The van der Waals surface area contributed by atoms with E-state index in [9.17, 15) is 9.59 Å². The van der Waals surface area contributed by atoms with E-state index < -0.39 is 12.0 Å². The number of carboxylic acid groups (broad SMARTS) is 1. The predicted molar refractivity (Wildman–Crippen MR) is 77.3 cm³/mol. The van der Waals surface area contributed by atoms with Crippen LogP contribution in [0.5, 0.6) is 0 Å². The van der Waals surface area contributed by atoms with E-state index in [1.807, 2.05) is 19.1 Å². The number of aryl methyl sites for hydroxylation is 1. The number of urea groups is 1. The van der Waals surface area contributed by atoms with Crippen LogP contribution in [0.15, 0.2) is 35.3 Å². The van der Waals surface area contributed by atoms with Gasteiger partial charge in [0.05, 0.1) is 0 Å². The molecule has 6 heteroatoms. The maximum absolute atomic E-state index is 12.0. The highest BCUT2D eigenvalue weighted by Gasteiger charge is 2.16. The highest BCUT2D eigenvalue weighted by molar-refractivity contribution is 9.10. The van der Waals surface area contributed by atoms with Crippen molar-refractivity contribution in [3.63, 3.8) is 0 Å². The first kappa shape index (κ1) is 15.2. The van der Waals surface area contributed by atoms with Gasteiger partial charge in [-0.2, -0.15) is 0 Å². The number of anilines is 1. The number of nitrogens with one attached hydrogen (secondary N) is 1. The molecule has 0 saturated heterocycles. The number of halogens is 1. The molecule has 0 radical (unpaired) electrons. The number of hydrogen-bond acceptors (Lipinski definition) is 2. The number of nitrogens with zero attached hydrogens (tertiary/aromatic N) is 1. The third-order valence-corrected chi connectivity index (χ3v) is 2.90. The summed E-state index contributed by atoms with van der Waals surface area (Å²) in [4.78, 5) is 23.9. The van der Waals surface area contributed by atoms with Gasteiger partial charge in [0.2, 0.25) is 0 Å². The van der Waals surface area contributed by atoms with Crippen molar-refractivity contribution in [3.8, 4) is 0 Å². The van der Waals surface area contributed by atoms with Gasteiger partial charge in [0, 0.05) is 16.7 Å². The van der Waals surface area contributed by atoms with Crippen LogP contribution < -0.4 is 5.32 Å². The zero-order chi connectivity index (χ0) is 14.4. The van der Waals surface area contributed by atoms with Gasteiger partial charge in [-0.3, -0.25) is 4.79 Å². The summed E-state index contributed by atoms with van der Waals surface area (Å²) >= 11 is 3.32. The summed E-state index contributed by atoms with van der Waals surface area (Å²) in [5.74, 6) is -1.07. The number of hydrogen-bond donors (Lipinski definition) is 2. The summed E-state index contributed by atoms with van der Waals surface area (Å²) in [7, 11) is 0. The number of aliphatic carboxylic acids is 1. The number of carboxylic acids is 1. The molecule has 19 heavy (non-hydrogen) atoms. The Morgan fingerprint density at radius 2 is 2.21 bits per heavy atom. The molecule has 0 spiro atoms. The van der Waals surface area contributed by atoms with Gasteiger partial charge in [-0.05, 0) is 24.6 Å². The minimum absolute atomic E-state index is 0.172. The second-order valence-electron chi connectivity index (χ2n) is 3.95. The van der Waals surface area contributed by atoms with Gasteiger partial charge in [-0.1, -0.05) is 28.1 Å². The average Bonchev–Trinajstić information content (AvgIpc) is 2.32. The standard InChI is InChI=1S/C13H15BrN2O3/c1-3-6-16(8-12(17)18)13(19)15-11-7-10(14)5-4-9(11)2/h3-5,7H,1,6,8H2,2H3,(H,15,19)(H,17,18). The lowest BCUT2D eigenvalue weighted by Gasteiger charge is -2.20. The van der Waals surface area contributed by atoms with Gasteiger partial charge in [0.25, 0.3) is 0 Å². The van der Waals surface area contributed by atoms with Crippen LogP contribution in [0.4, 0.5) is 10.5 Å². The lowest BCUT2D eigenvalue weighted by molar-refractivity contribution is -0.137. The molecule has 5 nitrogen and oxygen atoms in total. The van der Waals surface area contributed by atoms with Crippen molar-refractivity contribution in [2.45, 2.75) is 6.92 Å². The normalized spacial score (nSPS) is 9.79. The molecular formula is C13H15BrN2O3. The molecule has 2 N–H and O–H groups in total. The Morgan fingerprint density at radius 3 is 2.79 bits per heavy atom. The van der Waals surface area contributed by atoms with Crippen molar-refractivity contribution < 1.29 is 14.7 Å². The number of benzene rings is 1. The second-order valence-corrected chi connectivity index (χ2v) is 4.87. The Balaban J connectivity index is 2.83. The molecule has 0 aliphatic rings. The van der Waals surface area contributed by atoms with Crippen molar-refractivity contribution >= 4 is 33.6 Å². The van der Waals surface area contributed by atoms with Gasteiger partial charge >= 0.3 is 12.0 Å². The topological polar surface area (TPSA) is 69.6 Å². The Morgan fingerprint density at radius 1 is 1.53 bits per heavy atom. The predicted octanol–water partition coefficient (Wildman–Crippen LogP) is 2.86. The number of carbonyl (C=O) groups excluding carboxylic acids is 1. The molecule has 0 unspecified atom stereocenters. The third-order valence-electron chi connectivity index (χ3n) is 2.40. The molecule has 0 aliphatic carbocycles. The number of amides is 2. The fourth-order valence-corrected chi connectivity index (χ4v) is 1.82. The van der Waals surface area contributed by atoms with Crippen molar-refractivity contribution in [2.75, 3.05) is 18.4 Å². The van der Waals surface area contributed by atoms with Crippen LogP contribution in [0.2, 0.25) is 0 Å². The van der Waals surface area contributed by atoms with E-state index in [4.69, 9.17) is 5.11 Å². The van der Waals surface area contributed by atoms with Gasteiger partial charge in [-0.15, -0.1) is 6.58 Å². The molecule has 0 bridgehead atoms. The summed E-state index contributed by atoms with van der Waals surface area (Å²) in [6.07, 6.45) is 1.48. The number of rotatable bonds is 5. The Hall–Kier alpha value is -1.82. The van der Waals surface area contributed by atoms with Crippen molar-refractivity contribution in [3.05, 3.63) is 40.9 Å².